The molecule has 0 amide bonds. The molecule has 0 aliphatic carbocycles. The van der Waals surface area contributed by atoms with Crippen molar-refractivity contribution < 1.29 is 5.11 Å². The van der Waals surface area contributed by atoms with Crippen LogP contribution in [0.15, 0.2) is 18.2 Å². The van der Waals surface area contributed by atoms with Gasteiger partial charge in [-0.2, -0.15) is 0 Å². The summed E-state index contributed by atoms with van der Waals surface area (Å²) in [4.78, 5) is 2.00. The molecule has 0 heterocycles. The second-order valence-corrected chi connectivity index (χ2v) is 6.52. The van der Waals surface area contributed by atoms with Gasteiger partial charge < -0.3 is 15.3 Å². The second-order valence-electron chi connectivity index (χ2n) is 6.11. The van der Waals surface area contributed by atoms with Crippen molar-refractivity contribution in [2.45, 2.75) is 45.9 Å². The van der Waals surface area contributed by atoms with Crippen molar-refractivity contribution in [3.05, 3.63) is 28.8 Å². The Balaban J connectivity index is 2.74. The first-order valence-electron chi connectivity index (χ1n) is 6.61. The van der Waals surface area contributed by atoms with Gasteiger partial charge in [-0.05, 0) is 45.4 Å². The quantitative estimate of drug-likeness (QED) is 0.872. The molecule has 3 nitrogen and oxygen atoms in total. The molecule has 1 aromatic rings. The lowest BCUT2D eigenvalue weighted by Gasteiger charge is -2.23. The van der Waals surface area contributed by atoms with Crippen LogP contribution >= 0.6 is 11.6 Å². The molecule has 19 heavy (non-hydrogen) atoms. The molecule has 1 rings (SSSR count). The fraction of sp³-hybridized carbons (Fsp3) is 0.600. The molecule has 0 saturated carbocycles. The van der Waals surface area contributed by atoms with E-state index in [1.54, 1.807) is 6.92 Å². The third-order valence-electron chi connectivity index (χ3n) is 2.82. The smallest absolute Gasteiger partial charge is 0.0686 e. The van der Waals surface area contributed by atoms with E-state index in [0.29, 0.717) is 6.54 Å². The maximum atomic E-state index is 9.40. The minimum Gasteiger partial charge on any atom is -0.392 e. The van der Waals surface area contributed by atoms with Gasteiger partial charge in [-0.1, -0.05) is 17.7 Å². The SMILES string of the molecule is CC(O)CN(C)c1ccc(CNC(C)(C)C)c(Cl)c1. The first-order valence-corrected chi connectivity index (χ1v) is 6.99. The van der Waals surface area contributed by atoms with Crippen molar-refractivity contribution in [1.29, 1.82) is 0 Å². The van der Waals surface area contributed by atoms with E-state index in [4.69, 9.17) is 11.6 Å². The molecule has 0 radical (unpaired) electrons. The fourth-order valence-electron chi connectivity index (χ4n) is 1.78. The zero-order valence-electron chi connectivity index (χ0n) is 12.5. The molecule has 1 atom stereocenters. The zero-order chi connectivity index (χ0) is 14.6. The second kappa shape index (κ2) is 6.60. The van der Waals surface area contributed by atoms with Crippen molar-refractivity contribution in [1.82, 2.24) is 5.32 Å². The Hall–Kier alpha value is -0.770. The number of hydrogen-bond acceptors (Lipinski definition) is 3. The third kappa shape index (κ3) is 5.81. The molecule has 0 aliphatic heterocycles. The van der Waals surface area contributed by atoms with E-state index in [9.17, 15) is 5.11 Å². The maximum Gasteiger partial charge on any atom is 0.0686 e. The lowest BCUT2D eigenvalue weighted by Crippen LogP contribution is -2.35. The molecule has 0 aliphatic rings. The predicted octanol–water partition coefficient (Wildman–Crippen LogP) is 3.05. The van der Waals surface area contributed by atoms with E-state index in [2.05, 4.69) is 26.1 Å². The van der Waals surface area contributed by atoms with Crippen LogP contribution < -0.4 is 10.2 Å². The van der Waals surface area contributed by atoms with E-state index in [1.165, 1.54) is 0 Å². The predicted molar refractivity (Wildman–Crippen MR) is 83.0 cm³/mol. The third-order valence-corrected chi connectivity index (χ3v) is 3.18. The topological polar surface area (TPSA) is 35.5 Å². The van der Waals surface area contributed by atoms with Gasteiger partial charge in [0, 0.05) is 36.4 Å². The van der Waals surface area contributed by atoms with Gasteiger partial charge in [-0.15, -0.1) is 0 Å². The van der Waals surface area contributed by atoms with Crippen molar-refractivity contribution in [3.63, 3.8) is 0 Å². The standard InChI is InChI=1S/C15H25ClN2O/c1-11(19)10-18(5)13-7-6-12(14(16)8-13)9-17-15(2,3)4/h6-8,11,17,19H,9-10H2,1-5H3. The molecule has 1 unspecified atom stereocenters. The first kappa shape index (κ1) is 16.3. The summed E-state index contributed by atoms with van der Waals surface area (Å²) in [5.41, 5.74) is 2.18. The zero-order valence-corrected chi connectivity index (χ0v) is 13.3. The number of aliphatic hydroxyl groups excluding tert-OH is 1. The van der Waals surface area contributed by atoms with E-state index in [-0.39, 0.29) is 11.6 Å². The minimum absolute atomic E-state index is 0.0745. The van der Waals surface area contributed by atoms with Crippen LogP contribution in [0.4, 0.5) is 5.69 Å². The van der Waals surface area contributed by atoms with Crippen molar-refractivity contribution in [2.24, 2.45) is 0 Å². The molecule has 2 N–H and O–H groups in total. The number of nitrogens with one attached hydrogen (secondary N) is 1. The van der Waals surface area contributed by atoms with Gasteiger partial charge in [-0.3, -0.25) is 0 Å². The van der Waals surface area contributed by atoms with Crippen molar-refractivity contribution in [2.75, 3.05) is 18.5 Å². The van der Waals surface area contributed by atoms with Gasteiger partial charge in [0.25, 0.3) is 0 Å². The number of rotatable bonds is 5. The summed E-state index contributed by atoms with van der Waals surface area (Å²) in [7, 11) is 1.95. The van der Waals surface area contributed by atoms with Gasteiger partial charge in [0.05, 0.1) is 6.10 Å². The Bertz CT molecular complexity index is 413. The van der Waals surface area contributed by atoms with Gasteiger partial charge in [0.2, 0.25) is 0 Å². The molecule has 4 heteroatoms. The highest BCUT2D eigenvalue weighted by Crippen LogP contribution is 2.23. The normalized spacial score (nSPS) is 13.4. The number of benzene rings is 1. The van der Waals surface area contributed by atoms with Gasteiger partial charge in [0.1, 0.15) is 0 Å². The van der Waals surface area contributed by atoms with Crippen molar-refractivity contribution in [3.8, 4) is 0 Å². The van der Waals surface area contributed by atoms with E-state index >= 15 is 0 Å². The monoisotopic (exact) mass is 284 g/mol. The molecule has 0 aromatic heterocycles. The molecule has 0 spiro atoms. The van der Waals surface area contributed by atoms with Gasteiger partial charge in [0.15, 0.2) is 0 Å². The van der Waals surface area contributed by atoms with Crippen LogP contribution in [0, 0.1) is 0 Å². The van der Waals surface area contributed by atoms with E-state index in [0.717, 1.165) is 22.8 Å². The summed E-state index contributed by atoms with van der Waals surface area (Å²) in [6.45, 7) is 9.52. The van der Waals surface area contributed by atoms with Gasteiger partial charge >= 0.3 is 0 Å². The Morgan fingerprint density at radius 2 is 2.00 bits per heavy atom. The molecule has 0 bridgehead atoms. The lowest BCUT2D eigenvalue weighted by atomic mass is 10.1. The summed E-state index contributed by atoms with van der Waals surface area (Å²) in [6, 6.07) is 6.02. The van der Waals surface area contributed by atoms with E-state index < -0.39 is 0 Å². The molecule has 108 valence electrons. The maximum absolute atomic E-state index is 9.40. The molecular formula is C15H25ClN2O. The minimum atomic E-state index is -0.356. The Morgan fingerprint density at radius 1 is 1.37 bits per heavy atom. The average Bonchev–Trinajstić information content (AvgIpc) is 2.25. The number of halogens is 1. The van der Waals surface area contributed by atoms with Crippen LogP contribution in [0.5, 0.6) is 0 Å². The molecular weight excluding hydrogens is 260 g/mol. The van der Waals surface area contributed by atoms with Crippen LogP contribution in [0.25, 0.3) is 0 Å². The van der Waals surface area contributed by atoms with E-state index in [1.807, 2.05) is 30.1 Å². The Labute approximate surface area is 121 Å². The fourth-order valence-corrected chi connectivity index (χ4v) is 2.02. The highest BCUT2D eigenvalue weighted by molar-refractivity contribution is 6.31. The summed E-state index contributed by atoms with van der Waals surface area (Å²) in [5, 5.41) is 13.6. The van der Waals surface area contributed by atoms with Crippen LogP contribution in [0.2, 0.25) is 5.02 Å². The van der Waals surface area contributed by atoms with Crippen LogP contribution in [0.1, 0.15) is 33.3 Å². The number of hydrogen-bond donors (Lipinski definition) is 2. The average molecular weight is 285 g/mol. The largest absolute Gasteiger partial charge is 0.392 e. The van der Waals surface area contributed by atoms with Crippen LogP contribution in [-0.2, 0) is 6.54 Å². The molecule has 0 saturated heterocycles. The number of likely N-dealkylation sites (N-methyl/N-ethyl adjacent to an activating group) is 1. The Morgan fingerprint density at radius 3 is 2.47 bits per heavy atom. The molecule has 0 fully saturated rings. The van der Waals surface area contributed by atoms with Crippen LogP contribution in [-0.4, -0.2) is 30.3 Å². The summed E-state index contributed by atoms with van der Waals surface area (Å²) in [5.74, 6) is 0. The highest BCUT2D eigenvalue weighted by atomic mass is 35.5. The summed E-state index contributed by atoms with van der Waals surface area (Å²) >= 11 is 6.31. The number of nitrogens with zero attached hydrogens (tertiary/aromatic N) is 1. The first-order chi connectivity index (χ1) is 8.69. The lowest BCUT2D eigenvalue weighted by molar-refractivity contribution is 0.201. The van der Waals surface area contributed by atoms with Gasteiger partial charge in [-0.25, -0.2) is 0 Å². The summed E-state index contributed by atoms with van der Waals surface area (Å²) < 4.78 is 0. The number of aliphatic hydroxyl groups is 1. The summed E-state index contributed by atoms with van der Waals surface area (Å²) in [6.07, 6.45) is -0.356. The highest BCUT2D eigenvalue weighted by Gasteiger charge is 2.11. The molecule has 1 aromatic carbocycles. The number of anilines is 1. The van der Waals surface area contributed by atoms with Crippen LogP contribution in [0.3, 0.4) is 0 Å². The van der Waals surface area contributed by atoms with Crippen molar-refractivity contribution >= 4 is 17.3 Å². The Kier molecular flexibility index (Phi) is 5.65.